The van der Waals surface area contributed by atoms with Gasteiger partial charge in [0, 0.05) is 11.7 Å². The summed E-state index contributed by atoms with van der Waals surface area (Å²) in [5, 5.41) is 6.46. The van der Waals surface area contributed by atoms with Crippen LogP contribution in [0.4, 0.5) is 11.4 Å². The molecule has 114 valence electrons. The molecule has 4 nitrogen and oxygen atoms in total. The van der Waals surface area contributed by atoms with Crippen LogP contribution < -0.4 is 15.4 Å². The van der Waals surface area contributed by atoms with E-state index in [1.165, 1.54) is 38.5 Å². The van der Waals surface area contributed by atoms with Crippen molar-refractivity contribution in [2.24, 2.45) is 5.92 Å². The van der Waals surface area contributed by atoms with Gasteiger partial charge in [-0.25, -0.2) is 0 Å². The molecule has 1 amide bonds. The summed E-state index contributed by atoms with van der Waals surface area (Å²) in [6.07, 6.45) is 7.81. The van der Waals surface area contributed by atoms with E-state index < -0.39 is 0 Å². The predicted octanol–water partition coefficient (Wildman–Crippen LogP) is 3.79. The van der Waals surface area contributed by atoms with Crippen molar-refractivity contribution in [2.45, 2.75) is 51.5 Å². The molecule has 0 unspecified atom stereocenters. The molecule has 21 heavy (non-hydrogen) atoms. The molecular formula is C17H24N2O2. The fourth-order valence-electron chi connectivity index (χ4n) is 3.41. The molecule has 1 aromatic carbocycles. The van der Waals surface area contributed by atoms with E-state index in [1.54, 1.807) is 0 Å². The topological polar surface area (TPSA) is 50.4 Å². The number of fused-ring (bicyclic) bond motifs is 1. The predicted molar refractivity (Wildman–Crippen MR) is 84.8 cm³/mol. The number of carbonyl (C=O) groups excluding carboxylic acids is 1. The number of carbonyl (C=O) groups is 1. The van der Waals surface area contributed by atoms with Crippen LogP contribution >= 0.6 is 0 Å². The van der Waals surface area contributed by atoms with Crippen LogP contribution in [-0.4, -0.2) is 18.6 Å². The van der Waals surface area contributed by atoms with Crippen molar-refractivity contribution in [3.05, 3.63) is 18.2 Å². The van der Waals surface area contributed by atoms with Gasteiger partial charge in [-0.3, -0.25) is 4.79 Å². The van der Waals surface area contributed by atoms with Crippen LogP contribution in [0.3, 0.4) is 0 Å². The third-order valence-electron chi connectivity index (χ3n) is 4.53. The average molecular weight is 288 g/mol. The van der Waals surface area contributed by atoms with Crippen LogP contribution in [0.5, 0.6) is 5.75 Å². The molecule has 0 atom stereocenters. The first-order chi connectivity index (χ1) is 10.2. The molecule has 0 spiro atoms. The van der Waals surface area contributed by atoms with Crippen molar-refractivity contribution >= 4 is 17.3 Å². The zero-order valence-electron chi connectivity index (χ0n) is 12.7. The minimum absolute atomic E-state index is 0.0836. The highest BCUT2D eigenvalue weighted by molar-refractivity contribution is 5.96. The maximum Gasteiger partial charge on any atom is 0.262 e. The van der Waals surface area contributed by atoms with Gasteiger partial charge < -0.3 is 15.4 Å². The lowest BCUT2D eigenvalue weighted by atomic mass is 9.83. The standard InChI is InChI=1S/C17H24N2O2/c1-2-3-12-4-6-13(7-5-12)18-14-8-9-16-15(10-14)19-17(20)11-21-16/h8-10,12-13,18H,2-7,11H2,1H3,(H,19,20). The number of anilines is 2. The largest absolute Gasteiger partial charge is 0.482 e. The van der Waals surface area contributed by atoms with Crippen LogP contribution in [0.15, 0.2) is 18.2 Å². The van der Waals surface area contributed by atoms with Gasteiger partial charge in [0.15, 0.2) is 6.61 Å². The number of hydrogen-bond donors (Lipinski definition) is 2. The number of ether oxygens (including phenoxy) is 1. The van der Waals surface area contributed by atoms with E-state index in [0.717, 1.165) is 23.0 Å². The molecular weight excluding hydrogens is 264 g/mol. The Bertz CT molecular complexity index is 508. The lowest BCUT2D eigenvalue weighted by Crippen LogP contribution is -2.27. The van der Waals surface area contributed by atoms with Crippen molar-refractivity contribution in [3.63, 3.8) is 0 Å². The molecule has 0 bridgehead atoms. The second-order valence-electron chi connectivity index (χ2n) is 6.20. The highest BCUT2D eigenvalue weighted by atomic mass is 16.5. The Hall–Kier alpha value is -1.71. The molecule has 1 aliphatic heterocycles. The van der Waals surface area contributed by atoms with Gasteiger partial charge in [-0.2, -0.15) is 0 Å². The van der Waals surface area contributed by atoms with Crippen LogP contribution in [0.2, 0.25) is 0 Å². The van der Waals surface area contributed by atoms with Gasteiger partial charge >= 0.3 is 0 Å². The number of rotatable bonds is 4. The van der Waals surface area contributed by atoms with E-state index in [4.69, 9.17) is 4.74 Å². The zero-order chi connectivity index (χ0) is 14.7. The quantitative estimate of drug-likeness (QED) is 0.886. The average Bonchev–Trinajstić information content (AvgIpc) is 2.49. The SMILES string of the molecule is CCCC1CCC(Nc2ccc3c(c2)NC(=O)CO3)CC1. The maximum atomic E-state index is 11.4. The summed E-state index contributed by atoms with van der Waals surface area (Å²) in [4.78, 5) is 11.4. The molecule has 1 aromatic rings. The van der Waals surface area contributed by atoms with Gasteiger partial charge in [-0.15, -0.1) is 0 Å². The van der Waals surface area contributed by atoms with Crippen molar-refractivity contribution < 1.29 is 9.53 Å². The lowest BCUT2D eigenvalue weighted by molar-refractivity contribution is -0.118. The summed E-state index contributed by atoms with van der Waals surface area (Å²) in [5.74, 6) is 1.59. The van der Waals surface area contributed by atoms with Crippen molar-refractivity contribution in [1.82, 2.24) is 0 Å². The Balaban J connectivity index is 1.59. The fourth-order valence-corrected chi connectivity index (χ4v) is 3.41. The highest BCUT2D eigenvalue weighted by Gasteiger charge is 2.21. The van der Waals surface area contributed by atoms with Crippen LogP contribution in [-0.2, 0) is 4.79 Å². The smallest absolute Gasteiger partial charge is 0.262 e. The van der Waals surface area contributed by atoms with Gasteiger partial charge in [0.25, 0.3) is 5.91 Å². The normalized spacial score (nSPS) is 24.7. The summed E-state index contributed by atoms with van der Waals surface area (Å²) in [6.45, 7) is 2.38. The first kappa shape index (κ1) is 14.2. The van der Waals surface area contributed by atoms with E-state index in [-0.39, 0.29) is 12.5 Å². The van der Waals surface area contributed by atoms with Crippen LogP contribution in [0, 0.1) is 5.92 Å². The monoisotopic (exact) mass is 288 g/mol. The first-order valence-corrected chi connectivity index (χ1v) is 8.08. The minimum Gasteiger partial charge on any atom is -0.482 e. The van der Waals surface area contributed by atoms with Crippen molar-refractivity contribution in [2.75, 3.05) is 17.2 Å². The molecule has 1 saturated carbocycles. The van der Waals surface area contributed by atoms with Crippen molar-refractivity contribution in [1.29, 1.82) is 0 Å². The number of hydrogen-bond acceptors (Lipinski definition) is 3. The van der Waals surface area contributed by atoms with E-state index in [2.05, 4.69) is 17.6 Å². The molecule has 4 heteroatoms. The third-order valence-corrected chi connectivity index (χ3v) is 4.53. The van der Waals surface area contributed by atoms with Crippen LogP contribution in [0.1, 0.15) is 45.4 Å². The molecule has 0 aromatic heterocycles. The van der Waals surface area contributed by atoms with Gasteiger partial charge in [0.1, 0.15) is 5.75 Å². The van der Waals surface area contributed by atoms with Crippen molar-refractivity contribution in [3.8, 4) is 5.75 Å². The summed E-state index contributed by atoms with van der Waals surface area (Å²) >= 11 is 0. The van der Waals surface area contributed by atoms with E-state index in [1.807, 2.05) is 18.2 Å². The highest BCUT2D eigenvalue weighted by Crippen LogP contribution is 2.33. The lowest BCUT2D eigenvalue weighted by Gasteiger charge is -2.30. The Morgan fingerprint density at radius 3 is 2.86 bits per heavy atom. The number of nitrogens with one attached hydrogen (secondary N) is 2. The summed E-state index contributed by atoms with van der Waals surface area (Å²) in [7, 11) is 0. The zero-order valence-corrected chi connectivity index (χ0v) is 12.7. The fraction of sp³-hybridized carbons (Fsp3) is 0.588. The van der Waals surface area contributed by atoms with E-state index in [0.29, 0.717) is 6.04 Å². The Morgan fingerprint density at radius 2 is 2.10 bits per heavy atom. The molecule has 0 radical (unpaired) electrons. The molecule has 0 saturated heterocycles. The molecule has 1 heterocycles. The minimum atomic E-state index is -0.0836. The van der Waals surface area contributed by atoms with Gasteiger partial charge in [0.2, 0.25) is 0 Å². The molecule has 1 aliphatic carbocycles. The summed E-state index contributed by atoms with van der Waals surface area (Å²) in [5.41, 5.74) is 1.84. The van der Waals surface area contributed by atoms with Gasteiger partial charge in [-0.05, 0) is 49.8 Å². The van der Waals surface area contributed by atoms with Gasteiger partial charge in [0.05, 0.1) is 5.69 Å². The summed E-state index contributed by atoms with van der Waals surface area (Å²) in [6, 6.07) is 6.50. The van der Waals surface area contributed by atoms with Gasteiger partial charge in [-0.1, -0.05) is 19.8 Å². The maximum absolute atomic E-state index is 11.4. The number of amides is 1. The molecule has 3 rings (SSSR count). The van der Waals surface area contributed by atoms with E-state index >= 15 is 0 Å². The second-order valence-corrected chi connectivity index (χ2v) is 6.20. The van der Waals surface area contributed by atoms with Crippen LogP contribution in [0.25, 0.3) is 0 Å². The Kier molecular flexibility index (Phi) is 4.32. The molecule has 2 aliphatic rings. The Morgan fingerprint density at radius 1 is 1.29 bits per heavy atom. The third kappa shape index (κ3) is 3.49. The first-order valence-electron chi connectivity index (χ1n) is 8.08. The Labute approximate surface area is 126 Å². The summed E-state index contributed by atoms with van der Waals surface area (Å²) < 4.78 is 5.38. The second kappa shape index (κ2) is 6.37. The number of benzene rings is 1. The molecule has 2 N–H and O–H groups in total. The molecule has 1 fully saturated rings. The van der Waals surface area contributed by atoms with E-state index in [9.17, 15) is 4.79 Å².